The molecule has 0 aliphatic heterocycles. The molecule has 0 aliphatic carbocycles. The fraction of sp³-hybridized carbons (Fsp3) is 0.346. The number of benzene rings is 4. The zero-order chi connectivity index (χ0) is 19.3. The summed E-state index contributed by atoms with van der Waals surface area (Å²) in [7, 11) is 1.46. The van der Waals surface area contributed by atoms with Crippen LogP contribution in [-0.4, -0.2) is 13.1 Å². The van der Waals surface area contributed by atoms with Gasteiger partial charge in [0.05, 0.1) is 7.11 Å². The average molecular weight is 373 g/mol. The molecule has 0 atom stereocenters. The van der Waals surface area contributed by atoms with E-state index in [4.69, 9.17) is 0 Å². The van der Waals surface area contributed by atoms with E-state index in [0.29, 0.717) is 6.42 Å². The van der Waals surface area contributed by atoms with Crippen molar-refractivity contribution in [1.82, 2.24) is 0 Å². The molecule has 0 radical (unpaired) electrons. The van der Waals surface area contributed by atoms with Gasteiger partial charge in [-0.1, -0.05) is 80.3 Å². The van der Waals surface area contributed by atoms with E-state index in [-0.39, 0.29) is 5.97 Å². The molecule has 2 nitrogen and oxygen atoms in total. The van der Waals surface area contributed by atoms with Crippen LogP contribution in [0.5, 0.6) is 0 Å². The Morgan fingerprint density at radius 2 is 1.32 bits per heavy atom. The van der Waals surface area contributed by atoms with Crippen LogP contribution >= 0.6 is 0 Å². The zero-order valence-corrected chi connectivity index (χ0v) is 16.7. The van der Waals surface area contributed by atoms with Gasteiger partial charge >= 0.3 is 5.97 Å². The molecule has 0 bridgehead atoms. The van der Waals surface area contributed by atoms with Crippen LogP contribution in [0.25, 0.3) is 32.3 Å². The van der Waals surface area contributed by atoms with Crippen LogP contribution < -0.4 is 0 Å². The predicted octanol–water partition coefficient (Wildman–Crippen LogP) is 7.03. The summed E-state index contributed by atoms with van der Waals surface area (Å²) >= 11 is 0. The van der Waals surface area contributed by atoms with E-state index in [0.717, 1.165) is 19.3 Å². The van der Waals surface area contributed by atoms with Gasteiger partial charge < -0.3 is 4.74 Å². The Balaban J connectivity index is 1.39. The number of ether oxygens (including phenoxy) is 1. The highest BCUT2D eigenvalue weighted by molar-refractivity contribution is 6.23. The Kier molecular flexibility index (Phi) is 5.76. The zero-order valence-electron chi connectivity index (χ0n) is 16.7. The highest BCUT2D eigenvalue weighted by atomic mass is 16.5. The summed E-state index contributed by atoms with van der Waals surface area (Å²) in [6, 6.07) is 20.3. The van der Waals surface area contributed by atoms with Gasteiger partial charge in [-0.05, 0) is 57.1 Å². The SMILES string of the molecule is COC(=O)CCCCCCCCc1ccc2ccc3cccc4ccc1c2c34. The van der Waals surface area contributed by atoms with Gasteiger partial charge in [-0.15, -0.1) is 0 Å². The molecule has 0 saturated heterocycles. The maximum Gasteiger partial charge on any atom is 0.305 e. The van der Waals surface area contributed by atoms with E-state index in [1.165, 1.54) is 70.7 Å². The van der Waals surface area contributed by atoms with Crippen LogP contribution in [0.1, 0.15) is 50.5 Å². The minimum absolute atomic E-state index is 0.0889. The molecule has 4 aromatic rings. The van der Waals surface area contributed by atoms with Crippen molar-refractivity contribution in [2.24, 2.45) is 0 Å². The molecule has 0 unspecified atom stereocenters. The van der Waals surface area contributed by atoms with Gasteiger partial charge in [0.25, 0.3) is 0 Å². The maximum atomic E-state index is 11.1. The van der Waals surface area contributed by atoms with Crippen LogP contribution in [0.4, 0.5) is 0 Å². The largest absolute Gasteiger partial charge is 0.469 e. The summed E-state index contributed by atoms with van der Waals surface area (Å²) in [6.45, 7) is 0. The molecule has 4 rings (SSSR count). The Hall–Kier alpha value is -2.61. The second-order valence-corrected chi connectivity index (χ2v) is 7.78. The highest BCUT2D eigenvalue weighted by Gasteiger charge is 2.10. The Labute approximate surface area is 166 Å². The minimum Gasteiger partial charge on any atom is -0.469 e. The van der Waals surface area contributed by atoms with Gasteiger partial charge in [-0.25, -0.2) is 0 Å². The molecular formula is C26H28O2. The van der Waals surface area contributed by atoms with Crippen molar-refractivity contribution in [3.63, 3.8) is 0 Å². The number of hydrogen-bond donors (Lipinski definition) is 0. The number of carbonyl (C=O) groups is 1. The Morgan fingerprint density at radius 1 is 0.714 bits per heavy atom. The van der Waals surface area contributed by atoms with Crippen LogP contribution in [0.2, 0.25) is 0 Å². The van der Waals surface area contributed by atoms with Gasteiger partial charge in [-0.2, -0.15) is 0 Å². The molecule has 0 heterocycles. The first-order valence-electron chi connectivity index (χ1n) is 10.5. The number of hydrogen-bond acceptors (Lipinski definition) is 2. The quantitative estimate of drug-likeness (QED) is 0.179. The fourth-order valence-corrected chi connectivity index (χ4v) is 4.41. The van der Waals surface area contributed by atoms with E-state index in [1.54, 1.807) is 0 Å². The monoisotopic (exact) mass is 372 g/mol. The molecule has 0 aliphatic rings. The van der Waals surface area contributed by atoms with Crippen LogP contribution in [0.3, 0.4) is 0 Å². The van der Waals surface area contributed by atoms with Crippen molar-refractivity contribution in [2.45, 2.75) is 51.4 Å². The number of methoxy groups -OCH3 is 1. The Morgan fingerprint density at radius 3 is 2.07 bits per heavy atom. The highest BCUT2D eigenvalue weighted by Crippen LogP contribution is 2.36. The molecular weight excluding hydrogens is 344 g/mol. The van der Waals surface area contributed by atoms with Crippen molar-refractivity contribution >= 4 is 38.3 Å². The van der Waals surface area contributed by atoms with Crippen molar-refractivity contribution in [3.8, 4) is 0 Å². The van der Waals surface area contributed by atoms with Gasteiger partial charge in [-0.3, -0.25) is 4.79 Å². The van der Waals surface area contributed by atoms with Gasteiger partial charge in [0.2, 0.25) is 0 Å². The van der Waals surface area contributed by atoms with E-state index in [2.05, 4.69) is 59.3 Å². The predicted molar refractivity (Wildman–Crippen MR) is 118 cm³/mol. The maximum absolute atomic E-state index is 11.1. The summed E-state index contributed by atoms with van der Waals surface area (Å²) in [5.41, 5.74) is 1.47. The van der Waals surface area contributed by atoms with Crippen LogP contribution in [0.15, 0.2) is 54.6 Å². The third-order valence-electron chi connectivity index (χ3n) is 5.92. The Bertz CT molecular complexity index is 1060. The molecule has 144 valence electrons. The lowest BCUT2D eigenvalue weighted by Crippen LogP contribution is -1.99. The molecule has 2 heteroatoms. The lowest BCUT2D eigenvalue weighted by atomic mass is 9.90. The van der Waals surface area contributed by atoms with Crippen molar-refractivity contribution in [3.05, 3.63) is 60.2 Å². The second-order valence-electron chi connectivity index (χ2n) is 7.78. The van der Waals surface area contributed by atoms with E-state index < -0.39 is 0 Å². The van der Waals surface area contributed by atoms with Gasteiger partial charge in [0.15, 0.2) is 0 Å². The minimum atomic E-state index is -0.0889. The van der Waals surface area contributed by atoms with Crippen LogP contribution in [0, 0.1) is 0 Å². The number of aryl methyl sites for hydroxylation is 1. The smallest absolute Gasteiger partial charge is 0.305 e. The lowest BCUT2D eigenvalue weighted by Gasteiger charge is -2.14. The van der Waals surface area contributed by atoms with Crippen molar-refractivity contribution in [1.29, 1.82) is 0 Å². The molecule has 0 amide bonds. The third-order valence-corrected chi connectivity index (χ3v) is 5.92. The van der Waals surface area contributed by atoms with Gasteiger partial charge in [0, 0.05) is 6.42 Å². The summed E-state index contributed by atoms with van der Waals surface area (Å²) < 4.78 is 4.68. The number of unbranched alkanes of at least 4 members (excludes halogenated alkanes) is 5. The number of esters is 1. The van der Waals surface area contributed by atoms with E-state index in [9.17, 15) is 4.79 Å². The first-order valence-corrected chi connectivity index (χ1v) is 10.5. The van der Waals surface area contributed by atoms with E-state index in [1.807, 2.05) is 0 Å². The first kappa shape index (κ1) is 18.7. The molecule has 0 aromatic heterocycles. The second kappa shape index (κ2) is 8.60. The normalized spacial score (nSPS) is 11.6. The number of carbonyl (C=O) groups excluding carboxylic acids is 1. The molecule has 0 fully saturated rings. The molecule has 28 heavy (non-hydrogen) atoms. The molecule has 0 spiro atoms. The molecule has 0 N–H and O–H groups in total. The van der Waals surface area contributed by atoms with Crippen molar-refractivity contribution in [2.75, 3.05) is 7.11 Å². The van der Waals surface area contributed by atoms with Crippen LogP contribution in [-0.2, 0) is 16.0 Å². The summed E-state index contributed by atoms with van der Waals surface area (Å²) in [4.78, 5) is 11.1. The summed E-state index contributed by atoms with van der Waals surface area (Å²) in [5, 5.41) is 8.26. The van der Waals surface area contributed by atoms with Crippen molar-refractivity contribution < 1.29 is 9.53 Å². The van der Waals surface area contributed by atoms with E-state index >= 15 is 0 Å². The average Bonchev–Trinajstić information content (AvgIpc) is 2.74. The first-order chi connectivity index (χ1) is 13.8. The molecule has 4 aromatic carbocycles. The van der Waals surface area contributed by atoms with Gasteiger partial charge in [0.1, 0.15) is 0 Å². The molecule has 0 saturated carbocycles. The lowest BCUT2D eigenvalue weighted by molar-refractivity contribution is -0.140. The standard InChI is InChI=1S/C26H28O2/c1-28-24(27)12-7-5-3-2-4-6-9-19-13-14-22-16-15-20-10-8-11-21-17-18-23(19)26(22)25(20)21/h8,10-11,13-18H,2-7,9,12H2,1H3. The fourth-order valence-electron chi connectivity index (χ4n) is 4.41. The topological polar surface area (TPSA) is 26.3 Å². The summed E-state index contributed by atoms with van der Waals surface area (Å²) in [5.74, 6) is -0.0889. The number of rotatable bonds is 9. The third kappa shape index (κ3) is 3.82. The summed E-state index contributed by atoms with van der Waals surface area (Å²) in [6.07, 6.45) is 8.68.